The van der Waals surface area contributed by atoms with Crippen LogP contribution in [0, 0.1) is 16.7 Å². The zero-order valence-corrected chi connectivity index (χ0v) is 22.4. The van der Waals surface area contributed by atoms with Crippen molar-refractivity contribution >= 4 is 29.1 Å². The molecule has 2 atom stereocenters. The largest absolute Gasteiger partial charge is 0.465 e. The standard InChI is InChI=1S/C31H33ClN2O3/c1-29-14-20-15-30(2,17-29)19-31(16-20,18-29)21-6-11-26(25(32)13-21)37-23-9-7-22(8-10-23)34-27-24(28(35)36-3)5-4-12-33-27/h4-13,20H,14-19H2,1-3H3,(H,33,34). The number of carbonyl (C=O) groups excluding carboxylic acids is 1. The lowest BCUT2D eigenvalue weighted by molar-refractivity contribution is -0.110. The molecule has 1 N–H and O–H groups in total. The van der Waals surface area contributed by atoms with Crippen molar-refractivity contribution in [1.29, 1.82) is 0 Å². The van der Waals surface area contributed by atoms with E-state index in [2.05, 4.69) is 36.3 Å². The minimum atomic E-state index is -0.439. The summed E-state index contributed by atoms with van der Waals surface area (Å²) in [4.78, 5) is 16.3. The van der Waals surface area contributed by atoms with Crippen LogP contribution in [-0.2, 0) is 10.2 Å². The Hall–Kier alpha value is -3.05. The van der Waals surface area contributed by atoms with Gasteiger partial charge in [-0.3, -0.25) is 0 Å². The number of carbonyl (C=O) groups is 1. The molecule has 2 unspecified atom stereocenters. The molecule has 37 heavy (non-hydrogen) atoms. The molecule has 4 fully saturated rings. The van der Waals surface area contributed by atoms with Crippen LogP contribution < -0.4 is 10.1 Å². The highest BCUT2D eigenvalue weighted by molar-refractivity contribution is 6.32. The van der Waals surface area contributed by atoms with E-state index in [1.807, 2.05) is 30.3 Å². The predicted octanol–water partition coefficient (Wildman–Crippen LogP) is 8.31. The number of aromatic nitrogens is 1. The van der Waals surface area contributed by atoms with Crippen molar-refractivity contribution in [3.63, 3.8) is 0 Å². The van der Waals surface area contributed by atoms with E-state index in [0.717, 1.165) is 11.6 Å². The second-order valence-corrected chi connectivity index (χ2v) is 12.6. The summed E-state index contributed by atoms with van der Waals surface area (Å²) in [6, 6.07) is 17.3. The Bertz CT molecular complexity index is 1340. The van der Waals surface area contributed by atoms with E-state index in [-0.39, 0.29) is 5.41 Å². The normalized spacial score (nSPS) is 29.7. The van der Waals surface area contributed by atoms with Crippen LogP contribution in [0.2, 0.25) is 5.02 Å². The Morgan fingerprint density at radius 2 is 1.73 bits per heavy atom. The molecule has 6 heteroatoms. The molecule has 4 saturated carbocycles. The third kappa shape index (κ3) is 4.48. The Labute approximate surface area is 223 Å². The third-order valence-electron chi connectivity index (χ3n) is 8.73. The van der Waals surface area contributed by atoms with Crippen LogP contribution in [0.1, 0.15) is 68.3 Å². The Morgan fingerprint density at radius 1 is 1.00 bits per heavy atom. The van der Waals surface area contributed by atoms with Gasteiger partial charge < -0.3 is 14.8 Å². The van der Waals surface area contributed by atoms with Gasteiger partial charge in [-0.05, 0) is 115 Å². The number of hydrogen-bond donors (Lipinski definition) is 1. The fourth-order valence-electron chi connectivity index (χ4n) is 8.33. The molecule has 0 spiro atoms. The van der Waals surface area contributed by atoms with Gasteiger partial charge in [-0.15, -0.1) is 0 Å². The number of methoxy groups -OCH3 is 1. The Morgan fingerprint density at radius 3 is 2.38 bits per heavy atom. The second-order valence-electron chi connectivity index (χ2n) is 12.2. The molecule has 4 bridgehead atoms. The first-order valence-corrected chi connectivity index (χ1v) is 13.4. The van der Waals surface area contributed by atoms with E-state index in [1.54, 1.807) is 18.3 Å². The number of ether oxygens (including phenoxy) is 2. The molecule has 4 aliphatic rings. The van der Waals surface area contributed by atoms with E-state index in [0.29, 0.717) is 38.7 Å². The van der Waals surface area contributed by atoms with Crippen LogP contribution in [-0.4, -0.2) is 18.1 Å². The van der Waals surface area contributed by atoms with Gasteiger partial charge in [0.25, 0.3) is 0 Å². The summed E-state index contributed by atoms with van der Waals surface area (Å²) in [6.45, 7) is 5.01. The van der Waals surface area contributed by atoms with Gasteiger partial charge in [-0.2, -0.15) is 0 Å². The molecule has 4 aliphatic carbocycles. The van der Waals surface area contributed by atoms with Crippen LogP contribution >= 0.6 is 11.6 Å². The SMILES string of the molecule is COC(=O)c1cccnc1Nc1ccc(Oc2ccc(C34CC5CC(C)(CC(C)(C5)C3)C4)cc2Cl)cc1. The van der Waals surface area contributed by atoms with Gasteiger partial charge in [0.15, 0.2) is 0 Å². The van der Waals surface area contributed by atoms with E-state index >= 15 is 0 Å². The van der Waals surface area contributed by atoms with Crippen molar-refractivity contribution in [2.24, 2.45) is 16.7 Å². The number of esters is 1. The van der Waals surface area contributed by atoms with Crippen molar-refractivity contribution in [3.8, 4) is 11.5 Å². The van der Waals surface area contributed by atoms with Crippen LogP contribution in [0.5, 0.6) is 11.5 Å². The van der Waals surface area contributed by atoms with Gasteiger partial charge >= 0.3 is 5.97 Å². The van der Waals surface area contributed by atoms with Gasteiger partial charge in [-0.1, -0.05) is 31.5 Å². The molecule has 1 aromatic heterocycles. The van der Waals surface area contributed by atoms with Crippen molar-refractivity contribution in [1.82, 2.24) is 4.98 Å². The molecule has 7 rings (SSSR count). The topological polar surface area (TPSA) is 60.5 Å². The van der Waals surface area contributed by atoms with Crippen LogP contribution in [0.3, 0.4) is 0 Å². The van der Waals surface area contributed by atoms with E-state index in [9.17, 15) is 4.79 Å². The van der Waals surface area contributed by atoms with Crippen LogP contribution in [0.15, 0.2) is 60.8 Å². The number of nitrogens with one attached hydrogen (secondary N) is 1. The average molecular weight is 517 g/mol. The monoisotopic (exact) mass is 516 g/mol. The Balaban J connectivity index is 1.18. The van der Waals surface area contributed by atoms with E-state index in [1.165, 1.54) is 51.2 Å². The molecule has 0 saturated heterocycles. The summed E-state index contributed by atoms with van der Waals surface area (Å²) >= 11 is 6.80. The molecular weight excluding hydrogens is 484 g/mol. The lowest BCUT2D eigenvalue weighted by Crippen LogP contribution is -2.56. The fraction of sp³-hybridized carbons (Fsp3) is 0.419. The van der Waals surface area contributed by atoms with Crippen molar-refractivity contribution in [2.75, 3.05) is 12.4 Å². The van der Waals surface area contributed by atoms with E-state index in [4.69, 9.17) is 21.1 Å². The van der Waals surface area contributed by atoms with Gasteiger partial charge in [0, 0.05) is 11.9 Å². The molecule has 3 aromatic rings. The number of pyridine rings is 1. The summed E-state index contributed by atoms with van der Waals surface area (Å²) in [5.41, 5.74) is 3.69. The Kier molecular flexibility index (Phi) is 5.76. The molecule has 0 aliphatic heterocycles. The first-order chi connectivity index (χ1) is 17.7. The van der Waals surface area contributed by atoms with E-state index < -0.39 is 5.97 Å². The summed E-state index contributed by atoms with van der Waals surface area (Å²) in [6.07, 6.45) is 9.58. The highest BCUT2D eigenvalue weighted by Crippen LogP contribution is 2.70. The third-order valence-corrected chi connectivity index (χ3v) is 9.02. The number of halogens is 1. The smallest absolute Gasteiger partial charge is 0.341 e. The molecule has 5 nitrogen and oxygen atoms in total. The summed E-state index contributed by atoms with van der Waals surface area (Å²) in [5.74, 6) is 2.18. The number of hydrogen-bond acceptors (Lipinski definition) is 5. The molecule has 1 heterocycles. The molecular formula is C31H33ClN2O3. The summed E-state index contributed by atoms with van der Waals surface area (Å²) < 4.78 is 11.0. The maximum Gasteiger partial charge on any atom is 0.341 e. The number of rotatable bonds is 6. The predicted molar refractivity (Wildman–Crippen MR) is 146 cm³/mol. The van der Waals surface area contributed by atoms with Crippen LogP contribution in [0.4, 0.5) is 11.5 Å². The quantitative estimate of drug-likeness (QED) is 0.334. The van der Waals surface area contributed by atoms with Gasteiger partial charge in [0.1, 0.15) is 22.9 Å². The number of nitrogens with zero attached hydrogens (tertiary/aromatic N) is 1. The van der Waals surface area contributed by atoms with Crippen molar-refractivity contribution in [2.45, 2.75) is 57.8 Å². The lowest BCUT2D eigenvalue weighted by Gasteiger charge is -2.65. The average Bonchev–Trinajstić information content (AvgIpc) is 2.84. The minimum Gasteiger partial charge on any atom is -0.465 e. The maximum atomic E-state index is 12.0. The lowest BCUT2D eigenvalue weighted by atomic mass is 9.39. The summed E-state index contributed by atoms with van der Waals surface area (Å²) in [5, 5.41) is 3.83. The molecule has 0 amide bonds. The maximum absolute atomic E-state index is 12.0. The first-order valence-electron chi connectivity index (χ1n) is 13.1. The highest BCUT2D eigenvalue weighted by Gasteiger charge is 2.60. The highest BCUT2D eigenvalue weighted by atomic mass is 35.5. The first kappa shape index (κ1) is 24.3. The number of anilines is 2. The second kappa shape index (κ2) is 8.76. The van der Waals surface area contributed by atoms with Crippen LogP contribution in [0.25, 0.3) is 0 Å². The molecule has 0 radical (unpaired) electrons. The van der Waals surface area contributed by atoms with Gasteiger partial charge in [0.2, 0.25) is 0 Å². The summed E-state index contributed by atoms with van der Waals surface area (Å²) in [7, 11) is 1.35. The van der Waals surface area contributed by atoms with Crippen molar-refractivity contribution in [3.05, 3.63) is 76.9 Å². The zero-order valence-electron chi connectivity index (χ0n) is 21.6. The van der Waals surface area contributed by atoms with Crippen molar-refractivity contribution < 1.29 is 14.3 Å². The zero-order chi connectivity index (χ0) is 25.8. The fourth-order valence-corrected chi connectivity index (χ4v) is 8.55. The molecule has 2 aromatic carbocycles. The van der Waals surface area contributed by atoms with Gasteiger partial charge in [0.05, 0.1) is 12.1 Å². The van der Waals surface area contributed by atoms with Gasteiger partial charge in [-0.25, -0.2) is 9.78 Å². The minimum absolute atomic E-state index is 0.243. The molecule has 192 valence electrons. The number of benzene rings is 2.